The third-order valence-corrected chi connectivity index (χ3v) is 4.80. The molecule has 1 aliphatic rings. The summed E-state index contributed by atoms with van der Waals surface area (Å²) in [5, 5.41) is 16.9. The number of carbonyl (C=O) groups is 2. The van der Waals surface area contributed by atoms with Crippen LogP contribution in [0.3, 0.4) is 0 Å². The first-order valence-electron chi connectivity index (χ1n) is 9.61. The third kappa shape index (κ3) is 6.53. The fraction of sp³-hybridized carbons (Fsp3) is 0.143. The Morgan fingerprint density at radius 3 is 2.46 bits per heavy atom. The second-order valence-corrected chi connectivity index (χ2v) is 7.43. The van der Waals surface area contributed by atoms with E-state index in [0.29, 0.717) is 22.8 Å². The van der Waals surface area contributed by atoms with Gasteiger partial charge in [0.15, 0.2) is 11.6 Å². The van der Waals surface area contributed by atoms with Crippen LogP contribution in [0, 0.1) is 11.6 Å². The molecule has 35 heavy (non-hydrogen) atoms. The summed E-state index contributed by atoms with van der Waals surface area (Å²) in [6.45, 7) is -0.171. The van der Waals surface area contributed by atoms with E-state index in [1.807, 2.05) is 0 Å². The lowest BCUT2D eigenvalue weighted by atomic mass is 10.1. The van der Waals surface area contributed by atoms with Crippen LogP contribution in [-0.4, -0.2) is 32.8 Å². The monoisotopic (exact) mass is 515 g/mol. The number of nitrogens with one attached hydrogen (secondary N) is 2. The van der Waals surface area contributed by atoms with Gasteiger partial charge in [0.05, 0.1) is 17.8 Å². The van der Waals surface area contributed by atoms with Gasteiger partial charge < -0.3 is 20.4 Å². The summed E-state index contributed by atoms with van der Waals surface area (Å²) < 4.78 is 65.3. The van der Waals surface area contributed by atoms with Gasteiger partial charge in [-0.1, -0.05) is 16.8 Å². The summed E-state index contributed by atoms with van der Waals surface area (Å²) in [6.07, 6.45) is -3.89. The fourth-order valence-corrected chi connectivity index (χ4v) is 3.11. The van der Waals surface area contributed by atoms with Crippen molar-refractivity contribution < 1.29 is 36.7 Å². The van der Waals surface area contributed by atoms with E-state index in [1.54, 1.807) is 0 Å². The molecule has 0 spiro atoms. The van der Waals surface area contributed by atoms with Crippen molar-refractivity contribution in [1.29, 1.82) is 0 Å². The van der Waals surface area contributed by atoms with Gasteiger partial charge in [0.25, 0.3) is 5.91 Å². The Bertz CT molecular complexity index is 1250. The van der Waals surface area contributed by atoms with E-state index in [-0.39, 0.29) is 42.5 Å². The molecule has 0 bridgehead atoms. The fourth-order valence-electron chi connectivity index (χ4n) is 2.99. The van der Waals surface area contributed by atoms with Gasteiger partial charge in [-0.25, -0.2) is 13.8 Å². The van der Waals surface area contributed by atoms with Gasteiger partial charge in [-0.2, -0.15) is 13.2 Å². The minimum absolute atomic E-state index is 0.0162. The second-order valence-electron chi connectivity index (χ2n) is 6.99. The summed E-state index contributed by atoms with van der Waals surface area (Å²) in [6, 6.07) is 7.11. The van der Waals surface area contributed by atoms with Crippen molar-refractivity contribution >= 4 is 35.4 Å². The maximum atomic E-state index is 13.5. The maximum Gasteiger partial charge on any atom is 0.416 e. The van der Waals surface area contributed by atoms with Gasteiger partial charge in [0.1, 0.15) is 24.4 Å². The molecular weight excluding hydrogens is 501 g/mol. The van der Waals surface area contributed by atoms with Crippen molar-refractivity contribution in [2.75, 3.05) is 5.32 Å². The number of halogens is 6. The van der Waals surface area contributed by atoms with E-state index < -0.39 is 29.0 Å². The molecule has 3 aromatic rings. The largest absolute Gasteiger partial charge is 0.416 e. The summed E-state index contributed by atoms with van der Waals surface area (Å²) in [4.78, 5) is 27.8. The Balaban J connectivity index is 0.000000363. The van der Waals surface area contributed by atoms with Gasteiger partial charge in [-0.3, -0.25) is 9.59 Å². The highest BCUT2D eigenvalue weighted by Crippen LogP contribution is 2.30. The van der Waals surface area contributed by atoms with Gasteiger partial charge in [-0.05, 0) is 42.5 Å². The number of aromatic nitrogens is 2. The van der Waals surface area contributed by atoms with Crippen LogP contribution in [0.2, 0.25) is 5.02 Å². The highest BCUT2D eigenvalue weighted by Gasteiger charge is 2.32. The zero-order valence-electron chi connectivity index (χ0n) is 17.4. The topological polar surface area (TPSA) is 109 Å². The predicted molar refractivity (Wildman–Crippen MR) is 114 cm³/mol. The molecule has 2 heterocycles. The van der Waals surface area contributed by atoms with E-state index in [0.717, 1.165) is 6.21 Å². The van der Waals surface area contributed by atoms with Crippen LogP contribution in [0.4, 0.5) is 27.8 Å². The number of imidazole rings is 1. The quantitative estimate of drug-likeness (QED) is 0.210. The number of amides is 2. The number of carbonyl (C=O) groups excluding carboxylic acids is 2. The molecule has 0 unspecified atom stereocenters. The van der Waals surface area contributed by atoms with Gasteiger partial charge >= 0.3 is 6.18 Å². The molecule has 0 radical (unpaired) electrons. The maximum absolute atomic E-state index is 13.5. The van der Waals surface area contributed by atoms with Crippen molar-refractivity contribution in [3.8, 4) is 0 Å². The zero-order valence-corrected chi connectivity index (χ0v) is 18.2. The molecule has 0 fully saturated rings. The third-order valence-electron chi connectivity index (χ3n) is 4.55. The number of anilines is 1. The first-order chi connectivity index (χ1) is 16.5. The predicted octanol–water partition coefficient (Wildman–Crippen LogP) is 4.21. The van der Waals surface area contributed by atoms with Gasteiger partial charge in [0.2, 0.25) is 5.91 Å². The summed E-state index contributed by atoms with van der Waals surface area (Å²) in [5.74, 6) is -2.85. The number of oxime groups is 1. The molecule has 4 rings (SSSR count). The highest BCUT2D eigenvalue weighted by molar-refractivity contribution is 6.30. The molecule has 8 nitrogen and oxygen atoms in total. The first kappa shape index (κ1) is 25.6. The van der Waals surface area contributed by atoms with Crippen LogP contribution in [0.25, 0.3) is 0 Å². The second kappa shape index (κ2) is 10.5. The van der Waals surface area contributed by atoms with Crippen LogP contribution < -0.4 is 10.6 Å². The minimum Gasteiger partial charge on any atom is -0.411 e. The van der Waals surface area contributed by atoms with E-state index >= 15 is 0 Å². The number of nitrogens with zero attached hydrogens (tertiary/aromatic N) is 3. The van der Waals surface area contributed by atoms with Crippen molar-refractivity contribution in [3.63, 3.8) is 0 Å². The molecule has 3 N–H and O–H groups in total. The Hall–Kier alpha value is -4.00. The van der Waals surface area contributed by atoms with Gasteiger partial charge in [-0.15, -0.1) is 0 Å². The molecule has 184 valence electrons. The molecule has 0 saturated heterocycles. The van der Waals surface area contributed by atoms with E-state index in [1.165, 1.54) is 28.8 Å². The Labute approximate surface area is 199 Å². The lowest BCUT2D eigenvalue weighted by molar-refractivity contribution is -0.137. The van der Waals surface area contributed by atoms with E-state index in [2.05, 4.69) is 20.8 Å². The average Bonchev–Trinajstić information content (AvgIpc) is 3.11. The summed E-state index contributed by atoms with van der Waals surface area (Å²) in [7, 11) is 0. The zero-order chi connectivity index (χ0) is 25.8. The van der Waals surface area contributed by atoms with Crippen LogP contribution in [0.15, 0.2) is 47.6 Å². The van der Waals surface area contributed by atoms with Crippen molar-refractivity contribution in [2.24, 2.45) is 5.16 Å². The molecule has 2 amide bonds. The SMILES string of the molecule is Fc1ccc(Cl)cc1.O=C1Cn2c(/C=N/O)nc(NC(=O)c3cc(F)cc(C(F)(F)F)c3)c2CN1. The molecule has 1 aliphatic heterocycles. The van der Waals surface area contributed by atoms with Crippen molar-refractivity contribution in [2.45, 2.75) is 19.3 Å². The van der Waals surface area contributed by atoms with Gasteiger partial charge in [0, 0.05) is 10.6 Å². The molecular formula is C21H15ClF5N5O3. The van der Waals surface area contributed by atoms with Crippen LogP contribution in [-0.2, 0) is 24.1 Å². The normalized spacial score (nSPS) is 13.0. The molecule has 1 aromatic heterocycles. The highest BCUT2D eigenvalue weighted by atomic mass is 35.5. The number of hydrogen-bond donors (Lipinski definition) is 3. The van der Waals surface area contributed by atoms with E-state index in [9.17, 15) is 31.5 Å². The first-order valence-corrected chi connectivity index (χ1v) is 9.99. The molecule has 14 heteroatoms. The number of hydrogen-bond acceptors (Lipinski definition) is 5. The number of fused-ring (bicyclic) bond motifs is 1. The lowest BCUT2D eigenvalue weighted by Crippen LogP contribution is -2.35. The molecule has 0 aliphatic carbocycles. The summed E-state index contributed by atoms with van der Waals surface area (Å²) >= 11 is 5.44. The molecule has 2 aromatic carbocycles. The number of alkyl halides is 3. The molecule has 0 atom stereocenters. The standard InChI is InChI=1S/C15H11F4N5O3.C6H4ClF/c16-9-2-7(1-8(3-9)15(17,18)19)14(26)23-13-10-4-20-12(25)6-24(10)11(22-13)5-21-27;7-5-1-3-6(8)4-2-5/h1-3,5,27H,4,6H2,(H,20,25)(H,23,26);1-4H/b21-5+;. The van der Waals surface area contributed by atoms with Crippen molar-refractivity contribution in [3.05, 3.63) is 81.8 Å². The van der Waals surface area contributed by atoms with E-state index in [4.69, 9.17) is 16.8 Å². The smallest absolute Gasteiger partial charge is 0.411 e. The lowest BCUT2D eigenvalue weighted by Gasteiger charge is -2.17. The van der Waals surface area contributed by atoms with Crippen LogP contribution in [0.1, 0.15) is 27.4 Å². The number of benzene rings is 2. The Morgan fingerprint density at radius 1 is 1.17 bits per heavy atom. The average molecular weight is 516 g/mol. The van der Waals surface area contributed by atoms with Crippen LogP contribution >= 0.6 is 11.6 Å². The van der Waals surface area contributed by atoms with Crippen LogP contribution in [0.5, 0.6) is 0 Å². The molecule has 0 saturated carbocycles. The summed E-state index contributed by atoms with van der Waals surface area (Å²) in [5.41, 5.74) is -1.52. The number of rotatable bonds is 3. The Kier molecular flexibility index (Phi) is 7.69. The van der Waals surface area contributed by atoms with Crippen molar-refractivity contribution in [1.82, 2.24) is 14.9 Å². The Morgan fingerprint density at radius 2 is 1.86 bits per heavy atom. The minimum atomic E-state index is -4.82.